The van der Waals surface area contributed by atoms with Crippen molar-refractivity contribution in [2.45, 2.75) is 84.0 Å². The lowest BCUT2D eigenvalue weighted by molar-refractivity contribution is -0.164. The summed E-state index contributed by atoms with van der Waals surface area (Å²) < 4.78 is 5.40. The van der Waals surface area contributed by atoms with E-state index in [1.807, 2.05) is 6.92 Å². The van der Waals surface area contributed by atoms with E-state index >= 15 is 0 Å². The van der Waals surface area contributed by atoms with Crippen LogP contribution in [0.4, 0.5) is 0 Å². The van der Waals surface area contributed by atoms with Crippen LogP contribution in [0.1, 0.15) is 66.7 Å². The van der Waals surface area contributed by atoms with Gasteiger partial charge in [0.1, 0.15) is 11.1 Å². The van der Waals surface area contributed by atoms with Gasteiger partial charge in [0.05, 0.1) is 6.10 Å². The summed E-state index contributed by atoms with van der Waals surface area (Å²) >= 11 is 0. The van der Waals surface area contributed by atoms with Gasteiger partial charge in [-0.1, -0.05) is 13.3 Å². The number of carbonyl (C=O) groups is 2. The van der Waals surface area contributed by atoms with Gasteiger partial charge in [0.25, 0.3) is 0 Å². The van der Waals surface area contributed by atoms with Crippen LogP contribution < -0.4 is 5.32 Å². The van der Waals surface area contributed by atoms with Gasteiger partial charge >= 0.3 is 5.97 Å². The van der Waals surface area contributed by atoms with E-state index in [1.54, 1.807) is 27.7 Å². The summed E-state index contributed by atoms with van der Waals surface area (Å²) in [6, 6.07) is 0. The van der Waals surface area contributed by atoms with Gasteiger partial charge in [-0.25, -0.2) is 4.79 Å². The van der Waals surface area contributed by atoms with Crippen LogP contribution in [0.5, 0.6) is 0 Å². The summed E-state index contributed by atoms with van der Waals surface area (Å²) in [4.78, 5) is 24.7. The van der Waals surface area contributed by atoms with Gasteiger partial charge in [-0.05, 0) is 53.4 Å². The van der Waals surface area contributed by atoms with Crippen molar-refractivity contribution in [2.24, 2.45) is 5.92 Å². The van der Waals surface area contributed by atoms with Gasteiger partial charge in [0.15, 0.2) is 0 Å². The number of ether oxygens (including phenoxy) is 1. The second-order valence-electron chi connectivity index (χ2n) is 7.19. The molecule has 0 heterocycles. The average molecular weight is 299 g/mol. The molecule has 5 heteroatoms. The molecule has 21 heavy (non-hydrogen) atoms. The lowest BCUT2D eigenvalue weighted by Crippen LogP contribution is -2.55. The molecule has 0 aromatic heterocycles. The SMILES string of the molecule is CCC(C)(NC(=O)[C@H]1CCC[C@@H](O)C1)C(=O)OC(C)(C)C. The molecule has 0 radical (unpaired) electrons. The summed E-state index contributed by atoms with van der Waals surface area (Å²) in [6.07, 6.45) is 2.87. The maximum Gasteiger partial charge on any atom is 0.332 e. The molecule has 1 aliphatic carbocycles. The Kier molecular flexibility index (Phi) is 5.79. The maximum absolute atomic E-state index is 12.4. The lowest BCUT2D eigenvalue weighted by atomic mass is 9.85. The number of carbonyl (C=O) groups excluding carboxylic acids is 2. The second kappa shape index (κ2) is 6.77. The molecule has 0 aromatic carbocycles. The van der Waals surface area contributed by atoms with E-state index in [9.17, 15) is 14.7 Å². The Morgan fingerprint density at radius 2 is 1.86 bits per heavy atom. The zero-order valence-corrected chi connectivity index (χ0v) is 13.9. The summed E-state index contributed by atoms with van der Waals surface area (Å²) in [7, 11) is 0. The third-order valence-electron chi connectivity index (χ3n) is 3.97. The lowest BCUT2D eigenvalue weighted by Gasteiger charge is -2.33. The van der Waals surface area contributed by atoms with Gasteiger partial charge in [0, 0.05) is 5.92 Å². The number of amides is 1. The van der Waals surface area contributed by atoms with Gasteiger partial charge in [-0.15, -0.1) is 0 Å². The fourth-order valence-corrected chi connectivity index (χ4v) is 2.45. The van der Waals surface area contributed by atoms with Gasteiger partial charge < -0.3 is 15.2 Å². The molecule has 0 bridgehead atoms. The monoisotopic (exact) mass is 299 g/mol. The molecule has 1 amide bonds. The first-order chi connectivity index (χ1) is 9.57. The summed E-state index contributed by atoms with van der Waals surface area (Å²) in [6.45, 7) is 8.96. The second-order valence-corrected chi connectivity index (χ2v) is 7.19. The summed E-state index contributed by atoms with van der Waals surface area (Å²) in [5, 5.41) is 12.5. The predicted octanol–water partition coefficient (Wildman–Crippen LogP) is 2.16. The molecular formula is C16H29NO4. The van der Waals surface area contributed by atoms with Crippen LogP contribution in [0.3, 0.4) is 0 Å². The maximum atomic E-state index is 12.4. The Morgan fingerprint density at radius 1 is 1.24 bits per heavy atom. The molecule has 3 atom stereocenters. The minimum absolute atomic E-state index is 0.163. The third-order valence-corrected chi connectivity index (χ3v) is 3.97. The molecule has 0 aliphatic heterocycles. The van der Waals surface area contributed by atoms with Crippen molar-refractivity contribution in [3.8, 4) is 0 Å². The molecule has 1 aliphatic rings. The van der Waals surface area contributed by atoms with E-state index in [4.69, 9.17) is 4.74 Å². The molecule has 1 fully saturated rings. The first-order valence-electron chi connectivity index (χ1n) is 7.81. The van der Waals surface area contributed by atoms with Gasteiger partial charge in [-0.3, -0.25) is 4.79 Å². The van der Waals surface area contributed by atoms with Crippen LogP contribution in [-0.4, -0.2) is 34.2 Å². The molecule has 5 nitrogen and oxygen atoms in total. The number of rotatable bonds is 4. The Bertz CT molecular complexity index is 388. The zero-order chi connectivity index (χ0) is 16.3. The van der Waals surface area contributed by atoms with E-state index in [-0.39, 0.29) is 11.8 Å². The van der Waals surface area contributed by atoms with E-state index in [2.05, 4.69) is 5.32 Å². The molecule has 2 N–H and O–H groups in total. The quantitative estimate of drug-likeness (QED) is 0.780. The Morgan fingerprint density at radius 3 is 2.33 bits per heavy atom. The molecule has 1 unspecified atom stereocenters. The molecule has 0 saturated heterocycles. The highest BCUT2D eigenvalue weighted by Gasteiger charge is 2.39. The van der Waals surface area contributed by atoms with Gasteiger partial charge in [-0.2, -0.15) is 0 Å². The van der Waals surface area contributed by atoms with E-state index in [1.165, 1.54) is 0 Å². The van der Waals surface area contributed by atoms with Crippen molar-refractivity contribution in [2.75, 3.05) is 0 Å². The van der Waals surface area contributed by atoms with Crippen LogP contribution in [0.15, 0.2) is 0 Å². The van der Waals surface area contributed by atoms with E-state index in [0.29, 0.717) is 12.8 Å². The molecule has 0 aromatic rings. The Hall–Kier alpha value is -1.10. The number of esters is 1. The van der Waals surface area contributed by atoms with E-state index in [0.717, 1.165) is 19.3 Å². The van der Waals surface area contributed by atoms with Crippen molar-refractivity contribution >= 4 is 11.9 Å². The van der Waals surface area contributed by atoms with E-state index < -0.39 is 23.2 Å². The van der Waals surface area contributed by atoms with Crippen molar-refractivity contribution in [3.05, 3.63) is 0 Å². The average Bonchev–Trinajstić information content (AvgIpc) is 2.36. The number of hydrogen-bond donors (Lipinski definition) is 2. The number of aliphatic hydroxyl groups excluding tert-OH is 1. The smallest absolute Gasteiger partial charge is 0.332 e. The molecule has 0 spiro atoms. The minimum Gasteiger partial charge on any atom is -0.458 e. The van der Waals surface area contributed by atoms with Crippen molar-refractivity contribution in [3.63, 3.8) is 0 Å². The van der Waals surface area contributed by atoms with Crippen LogP contribution in [0.2, 0.25) is 0 Å². The predicted molar refractivity (Wildman–Crippen MR) is 80.6 cm³/mol. The number of aliphatic hydroxyl groups is 1. The minimum atomic E-state index is -1.02. The van der Waals surface area contributed by atoms with Crippen LogP contribution >= 0.6 is 0 Å². The van der Waals surface area contributed by atoms with Crippen molar-refractivity contribution in [1.29, 1.82) is 0 Å². The van der Waals surface area contributed by atoms with Crippen molar-refractivity contribution < 1.29 is 19.4 Å². The first kappa shape index (κ1) is 18.0. The highest BCUT2D eigenvalue weighted by atomic mass is 16.6. The largest absolute Gasteiger partial charge is 0.458 e. The van der Waals surface area contributed by atoms with Crippen LogP contribution in [0, 0.1) is 5.92 Å². The molecule has 122 valence electrons. The molecular weight excluding hydrogens is 270 g/mol. The standard InChI is InChI=1S/C16H29NO4/c1-6-16(5,14(20)21-15(2,3)4)17-13(19)11-8-7-9-12(18)10-11/h11-12,18H,6-10H2,1-5H3,(H,17,19)/t11-,12+,16?/m0/s1. The third kappa shape index (κ3) is 5.30. The van der Waals surface area contributed by atoms with Crippen LogP contribution in [-0.2, 0) is 14.3 Å². The topological polar surface area (TPSA) is 75.6 Å². The van der Waals surface area contributed by atoms with Crippen LogP contribution in [0.25, 0.3) is 0 Å². The summed E-state index contributed by atoms with van der Waals surface area (Å²) in [5.74, 6) is -0.798. The number of nitrogens with one attached hydrogen (secondary N) is 1. The highest BCUT2D eigenvalue weighted by molar-refractivity contribution is 5.88. The zero-order valence-electron chi connectivity index (χ0n) is 13.9. The fraction of sp³-hybridized carbons (Fsp3) is 0.875. The normalized spacial score (nSPS) is 25.8. The Labute approximate surface area is 127 Å². The molecule has 1 rings (SSSR count). The summed E-state index contributed by atoms with van der Waals surface area (Å²) in [5.41, 5.74) is -1.61. The first-order valence-corrected chi connectivity index (χ1v) is 7.81. The highest BCUT2D eigenvalue weighted by Crippen LogP contribution is 2.26. The van der Waals surface area contributed by atoms with Crippen molar-refractivity contribution in [1.82, 2.24) is 5.32 Å². The Balaban J connectivity index is 2.71. The number of hydrogen-bond acceptors (Lipinski definition) is 4. The fourth-order valence-electron chi connectivity index (χ4n) is 2.45. The van der Waals surface area contributed by atoms with Gasteiger partial charge in [0.2, 0.25) is 5.91 Å². The molecule has 1 saturated carbocycles.